The number of hydrogen-bond donors (Lipinski definition) is 2. The fourth-order valence-electron chi connectivity index (χ4n) is 3.53. The zero-order chi connectivity index (χ0) is 21.3. The number of nitrogens with zero attached hydrogens (tertiary/aromatic N) is 4. The number of methoxy groups -OCH3 is 2. The number of anilines is 1. The minimum atomic E-state index is 0. The van der Waals surface area contributed by atoms with Gasteiger partial charge in [0.1, 0.15) is 11.5 Å². The van der Waals surface area contributed by atoms with Crippen molar-refractivity contribution in [1.29, 1.82) is 0 Å². The van der Waals surface area contributed by atoms with Crippen LogP contribution >= 0.6 is 24.0 Å². The highest BCUT2D eigenvalue weighted by Crippen LogP contribution is 2.30. The van der Waals surface area contributed by atoms with Gasteiger partial charge in [0.15, 0.2) is 11.8 Å². The van der Waals surface area contributed by atoms with Crippen LogP contribution < -0.4 is 25.0 Å². The van der Waals surface area contributed by atoms with E-state index >= 15 is 0 Å². The molecular formula is C21H33IN6O3. The van der Waals surface area contributed by atoms with Crippen LogP contribution in [0.1, 0.15) is 31.0 Å². The average Bonchev–Trinajstić information content (AvgIpc) is 3.20. The maximum atomic E-state index is 5.40. The largest absolute Gasteiger partial charge is 0.497 e. The number of guanidine groups is 1. The second-order valence-corrected chi connectivity index (χ2v) is 7.31. The maximum Gasteiger partial charge on any atom is 0.226 e. The molecule has 172 valence electrons. The van der Waals surface area contributed by atoms with Crippen LogP contribution in [0, 0.1) is 6.92 Å². The van der Waals surface area contributed by atoms with Gasteiger partial charge in [0, 0.05) is 63.0 Å². The lowest BCUT2D eigenvalue weighted by Gasteiger charge is -2.34. The number of nitrogens with one attached hydrogen (secondary N) is 2. The Morgan fingerprint density at radius 1 is 1.19 bits per heavy atom. The van der Waals surface area contributed by atoms with Crippen LogP contribution in [-0.2, 0) is 6.42 Å². The summed E-state index contributed by atoms with van der Waals surface area (Å²) in [7, 11) is 5.15. The van der Waals surface area contributed by atoms with Crippen LogP contribution in [-0.4, -0.2) is 63.0 Å². The summed E-state index contributed by atoms with van der Waals surface area (Å²) in [6.45, 7) is 4.54. The molecule has 0 amide bonds. The fraction of sp³-hybridized carbons (Fsp3) is 0.571. The van der Waals surface area contributed by atoms with Crippen molar-refractivity contribution in [3.8, 4) is 11.5 Å². The van der Waals surface area contributed by atoms with E-state index in [4.69, 9.17) is 14.0 Å². The number of aromatic nitrogens is 2. The normalized spacial score (nSPS) is 14.7. The van der Waals surface area contributed by atoms with Crippen LogP contribution in [0.3, 0.4) is 0 Å². The van der Waals surface area contributed by atoms with E-state index in [1.54, 1.807) is 21.3 Å². The summed E-state index contributed by atoms with van der Waals surface area (Å²) in [4.78, 5) is 10.9. The second-order valence-electron chi connectivity index (χ2n) is 7.31. The molecule has 0 spiro atoms. The first-order valence-electron chi connectivity index (χ1n) is 10.4. The molecule has 3 rings (SSSR count). The van der Waals surface area contributed by atoms with Crippen molar-refractivity contribution in [2.75, 3.05) is 45.8 Å². The zero-order valence-electron chi connectivity index (χ0n) is 18.7. The van der Waals surface area contributed by atoms with Crippen molar-refractivity contribution in [2.45, 2.75) is 38.6 Å². The summed E-state index contributed by atoms with van der Waals surface area (Å²) in [5, 5.41) is 10.7. The lowest BCUT2D eigenvalue weighted by Crippen LogP contribution is -2.49. The molecule has 1 aromatic carbocycles. The molecule has 0 radical (unpaired) electrons. The van der Waals surface area contributed by atoms with E-state index in [1.165, 1.54) is 0 Å². The minimum absolute atomic E-state index is 0. The Morgan fingerprint density at radius 3 is 2.42 bits per heavy atom. The summed E-state index contributed by atoms with van der Waals surface area (Å²) in [5.41, 5.74) is 1.13. The van der Waals surface area contributed by atoms with E-state index < -0.39 is 0 Å². The molecule has 0 atom stereocenters. The zero-order valence-corrected chi connectivity index (χ0v) is 21.0. The fourth-order valence-corrected chi connectivity index (χ4v) is 3.53. The van der Waals surface area contributed by atoms with Crippen molar-refractivity contribution < 1.29 is 14.0 Å². The van der Waals surface area contributed by atoms with Gasteiger partial charge in [0.25, 0.3) is 0 Å². The first-order chi connectivity index (χ1) is 14.6. The highest BCUT2D eigenvalue weighted by Gasteiger charge is 2.21. The highest BCUT2D eigenvalue weighted by molar-refractivity contribution is 14.0. The summed E-state index contributed by atoms with van der Waals surface area (Å²) in [5.74, 6) is 3.81. The third-order valence-electron chi connectivity index (χ3n) is 5.19. The van der Waals surface area contributed by atoms with Gasteiger partial charge >= 0.3 is 0 Å². The van der Waals surface area contributed by atoms with Crippen molar-refractivity contribution in [3.63, 3.8) is 0 Å². The van der Waals surface area contributed by atoms with E-state index in [0.717, 1.165) is 68.5 Å². The van der Waals surface area contributed by atoms with Crippen LogP contribution in [0.2, 0.25) is 0 Å². The first-order valence-corrected chi connectivity index (χ1v) is 10.4. The van der Waals surface area contributed by atoms with Crippen molar-refractivity contribution in [2.24, 2.45) is 4.99 Å². The SMILES string of the molecule is CN=C(NCCCc1nc(C)no1)NC1CCN(c2cc(OC)cc(OC)c2)CC1.I. The molecule has 10 heteroatoms. The van der Waals surface area contributed by atoms with E-state index in [9.17, 15) is 0 Å². The predicted octanol–water partition coefficient (Wildman–Crippen LogP) is 2.78. The third kappa shape index (κ3) is 7.44. The summed E-state index contributed by atoms with van der Waals surface area (Å²) in [6, 6.07) is 6.40. The maximum absolute atomic E-state index is 5.40. The first kappa shape index (κ1) is 25.0. The van der Waals surface area contributed by atoms with Gasteiger partial charge in [-0.15, -0.1) is 24.0 Å². The van der Waals surface area contributed by atoms with Gasteiger partial charge in [0.2, 0.25) is 5.89 Å². The van der Waals surface area contributed by atoms with Gasteiger partial charge in [-0.05, 0) is 26.2 Å². The second kappa shape index (κ2) is 12.6. The molecule has 0 unspecified atom stereocenters. The lowest BCUT2D eigenvalue weighted by molar-refractivity contribution is 0.372. The molecule has 0 aliphatic carbocycles. The van der Waals surface area contributed by atoms with Gasteiger partial charge < -0.3 is 29.5 Å². The molecular weight excluding hydrogens is 511 g/mol. The molecule has 0 bridgehead atoms. The topological polar surface area (TPSA) is 97.0 Å². The molecule has 2 heterocycles. The number of piperidine rings is 1. The number of ether oxygens (including phenoxy) is 2. The Bertz CT molecular complexity index is 814. The molecule has 9 nitrogen and oxygen atoms in total. The molecule has 0 saturated carbocycles. The van der Waals surface area contributed by atoms with Gasteiger partial charge in [-0.2, -0.15) is 4.98 Å². The molecule has 31 heavy (non-hydrogen) atoms. The van der Waals surface area contributed by atoms with E-state index in [0.29, 0.717) is 17.8 Å². The number of benzene rings is 1. The van der Waals surface area contributed by atoms with Gasteiger partial charge in [-0.3, -0.25) is 4.99 Å². The van der Waals surface area contributed by atoms with Crippen molar-refractivity contribution >= 4 is 35.6 Å². The Labute approximate surface area is 201 Å². The van der Waals surface area contributed by atoms with Gasteiger partial charge in [-0.1, -0.05) is 5.16 Å². The Hall–Kier alpha value is -2.24. The average molecular weight is 544 g/mol. The smallest absolute Gasteiger partial charge is 0.226 e. The highest BCUT2D eigenvalue weighted by atomic mass is 127. The van der Waals surface area contributed by atoms with E-state index in [2.05, 4.69) is 42.8 Å². The molecule has 1 aliphatic rings. The lowest BCUT2D eigenvalue weighted by atomic mass is 10.0. The van der Waals surface area contributed by atoms with E-state index in [-0.39, 0.29) is 24.0 Å². The number of rotatable bonds is 8. The Kier molecular flexibility index (Phi) is 10.2. The standard InChI is InChI=1S/C21H32N6O3.HI/c1-15-24-20(30-26-15)6-5-9-23-21(22-2)25-16-7-10-27(11-8-16)17-12-18(28-3)14-19(13-17)29-4;/h12-14,16H,5-11H2,1-4H3,(H2,22,23,25);1H. The predicted molar refractivity (Wildman–Crippen MR) is 132 cm³/mol. The molecule has 2 N–H and O–H groups in total. The molecule has 1 aromatic heterocycles. The van der Waals surface area contributed by atoms with Gasteiger partial charge in [-0.25, -0.2) is 0 Å². The third-order valence-corrected chi connectivity index (χ3v) is 5.19. The Morgan fingerprint density at radius 2 is 1.87 bits per heavy atom. The molecule has 1 aliphatic heterocycles. The summed E-state index contributed by atoms with van der Waals surface area (Å²) >= 11 is 0. The van der Waals surface area contributed by atoms with Crippen LogP contribution in [0.25, 0.3) is 0 Å². The van der Waals surface area contributed by atoms with Crippen molar-refractivity contribution in [1.82, 2.24) is 20.8 Å². The number of aliphatic imine (C=N–C) groups is 1. The number of halogens is 1. The molecule has 1 saturated heterocycles. The van der Waals surface area contributed by atoms with Crippen LogP contribution in [0.5, 0.6) is 11.5 Å². The summed E-state index contributed by atoms with van der Waals surface area (Å²) < 4.78 is 15.9. The number of hydrogen-bond acceptors (Lipinski definition) is 7. The van der Waals surface area contributed by atoms with Crippen molar-refractivity contribution in [3.05, 3.63) is 29.9 Å². The monoisotopic (exact) mass is 544 g/mol. The number of aryl methyl sites for hydroxylation is 2. The quantitative estimate of drug-likeness (QED) is 0.227. The minimum Gasteiger partial charge on any atom is -0.497 e. The summed E-state index contributed by atoms with van der Waals surface area (Å²) in [6.07, 6.45) is 3.72. The van der Waals surface area contributed by atoms with E-state index in [1.807, 2.05) is 13.0 Å². The van der Waals surface area contributed by atoms with Crippen LogP contribution in [0.15, 0.2) is 27.7 Å². The van der Waals surface area contributed by atoms with Crippen LogP contribution in [0.4, 0.5) is 5.69 Å². The molecule has 2 aromatic rings. The van der Waals surface area contributed by atoms with Gasteiger partial charge in [0.05, 0.1) is 14.2 Å². The molecule has 1 fully saturated rings. The Balaban J connectivity index is 0.00000341.